The number of nitrogens with one attached hydrogen (secondary N) is 1. The summed E-state index contributed by atoms with van der Waals surface area (Å²) in [5, 5.41) is 18.2. The minimum Gasteiger partial charge on any atom is -0.476 e. The van der Waals surface area contributed by atoms with Crippen molar-refractivity contribution >= 4 is 32.5 Å². The molecule has 9 heteroatoms. The van der Waals surface area contributed by atoms with Gasteiger partial charge < -0.3 is 10.2 Å². The van der Waals surface area contributed by atoms with Gasteiger partial charge in [0.05, 0.1) is 12.4 Å². The summed E-state index contributed by atoms with van der Waals surface area (Å²) in [6.07, 6.45) is 0. The van der Waals surface area contributed by atoms with Crippen molar-refractivity contribution < 1.29 is 23.4 Å². The van der Waals surface area contributed by atoms with Crippen molar-refractivity contribution in [2.24, 2.45) is 0 Å². The maximum atomic E-state index is 11.1. The van der Waals surface area contributed by atoms with Crippen molar-refractivity contribution in [2.45, 2.75) is 0 Å². The highest BCUT2D eigenvalue weighted by Gasteiger charge is 2.14. The van der Waals surface area contributed by atoms with Crippen molar-refractivity contribution in [1.29, 1.82) is 0 Å². The Bertz CT molecular complexity index is 452. The molecule has 7 nitrogen and oxygen atoms in total. The lowest BCUT2D eigenvalue weighted by Crippen LogP contribution is -2.18. The van der Waals surface area contributed by atoms with E-state index in [1.54, 1.807) is 0 Å². The highest BCUT2D eigenvalue weighted by Crippen LogP contribution is 2.16. The number of anilines is 1. The number of rotatable bonds is 5. The van der Waals surface area contributed by atoms with Crippen LogP contribution in [0.1, 0.15) is 10.5 Å². The van der Waals surface area contributed by atoms with Crippen LogP contribution in [0.4, 0.5) is 5.13 Å². The van der Waals surface area contributed by atoms with Gasteiger partial charge in [0.25, 0.3) is 0 Å². The first kappa shape index (κ1) is 11.9. The van der Waals surface area contributed by atoms with Crippen LogP contribution in [0.5, 0.6) is 0 Å². The normalized spacial score (nSPS) is 11.3. The standard InChI is InChI=1S/C6H8N2O5S2/c9-1-2-15(12,13)8-6-7-4(3-14-6)5(10)11/h3,9H,1-2H2,(H,7,8)(H,10,11). The molecule has 0 aliphatic carbocycles. The zero-order valence-electron chi connectivity index (χ0n) is 7.37. The van der Waals surface area contributed by atoms with Gasteiger partial charge in [-0.2, -0.15) is 0 Å². The fourth-order valence-electron chi connectivity index (χ4n) is 0.723. The summed E-state index contributed by atoms with van der Waals surface area (Å²) in [4.78, 5) is 14.0. The molecule has 0 atom stereocenters. The lowest BCUT2D eigenvalue weighted by atomic mass is 10.5. The zero-order valence-corrected chi connectivity index (χ0v) is 9.01. The summed E-state index contributed by atoms with van der Waals surface area (Å²) in [6, 6.07) is 0. The van der Waals surface area contributed by atoms with E-state index in [0.717, 1.165) is 11.3 Å². The third kappa shape index (κ3) is 3.46. The highest BCUT2D eigenvalue weighted by atomic mass is 32.2. The smallest absolute Gasteiger partial charge is 0.355 e. The maximum Gasteiger partial charge on any atom is 0.355 e. The highest BCUT2D eigenvalue weighted by molar-refractivity contribution is 7.92. The summed E-state index contributed by atoms with van der Waals surface area (Å²) in [6.45, 7) is -0.507. The predicted molar refractivity (Wildman–Crippen MR) is 53.6 cm³/mol. The molecule has 3 N–H and O–H groups in total. The molecule has 0 saturated carbocycles. The van der Waals surface area contributed by atoms with E-state index in [2.05, 4.69) is 9.71 Å². The molecule has 0 amide bonds. The Labute approximate surface area is 89.4 Å². The van der Waals surface area contributed by atoms with Crippen molar-refractivity contribution in [1.82, 2.24) is 4.98 Å². The second-order valence-electron chi connectivity index (χ2n) is 2.49. The van der Waals surface area contributed by atoms with Gasteiger partial charge in [-0.15, -0.1) is 11.3 Å². The molecule has 0 aliphatic heterocycles. The maximum absolute atomic E-state index is 11.1. The van der Waals surface area contributed by atoms with Crippen LogP contribution in [-0.2, 0) is 10.0 Å². The molecular weight excluding hydrogens is 244 g/mol. The molecule has 1 heterocycles. The number of thiazole rings is 1. The van der Waals surface area contributed by atoms with E-state index in [4.69, 9.17) is 10.2 Å². The van der Waals surface area contributed by atoms with Gasteiger partial charge in [-0.05, 0) is 0 Å². The van der Waals surface area contributed by atoms with Gasteiger partial charge in [0.15, 0.2) is 10.8 Å². The third-order valence-corrected chi connectivity index (χ3v) is 3.44. The van der Waals surface area contributed by atoms with Crippen LogP contribution in [0.25, 0.3) is 0 Å². The van der Waals surface area contributed by atoms with Crippen LogP contribution in [0.2, 0.25) is 0 Å². The van der Waals surface area contributed by atoms with E-state index in [-0.39, 0.29) is 10.8 Å². The SMILES string of the molecule is O=C(O)c1csc(NS(=O)(=O)CCO)n1. The number of aromatic nitrogens is 1. The quantitative estimate of drug-likeness (QED) is 0.655. The van der Waals surface area contributed by atoms with Gasteiger partial charge in [-0.25, -0.2) is 18.2 Å². The molecule has 0 unspecified atom stereocenters. The Morgan fingerprint density at radius 2 is 2.27 bits per heavy atom. The number of aromatic carboxylic acids is 1. The number of sulfonamides is 1. The number of aliphatic hydroxyl groups is 1. The Kier molecular flexibility index (Phi) is 3.61. The number of aliphatic hydroxyl groups excluding tert-OH is 1. The molecule has 0 fully saturated rings. The first-order valence-electron chi connectivity index (χ1n) is 3.75. The van der Waals surface area contributed by atoms with E-state index in [1.807, 2.05) is 0 Å². The van der Waals surface area contributed by atoms with E-state index < -0.39 is 28.4 Å². The van der Waals surface area contributed by atoms with Gasteiger partial charge in [0, 0.05) is 5.38 Å². The monoisotopic (exact) mass is 252 g/mol. The second kappa shape index (κ2) is 4.55. The topological polar surface area (TPSA) is 117 Å². The van der Waals surface area contributed by atoms with E-state index in [0.29, 0.717) is 0 Å². The molecule has 1 aromatic rings. The van der Waals surface area contributed by atoms with Crippen LogP contribution >= 0.6 is 11.3 Å². The largest absolute Gasteiger partial charge is 0.476 e. The van der Waals surface area contributed by atoms with Crippen LogP contribution in [0.15, 0.2) is 5.38 Å². The second-order valence-corrected chi connectivity index (χ2v) is 5.19. The van der Waals surface area contributed by atoms with Crippen LogP contribution in [0, 0.1) is 0 Å². The van der Waals surface area contributed by atoms with E-state index in [9.17, 15) is 13.2 Å². The zero-order chi connectivity index (χ0) is 11.5. The van der Waals surface area contributed by atoms with Crippen molar-refractivity contribution in [2.75, 3.05) is 17.1 Å². The summed E-state index contributed by atoms with van der Waals surface area (Å²) in [5.41, 5.74) is -0.221. The van der Waals surface area contributed by atoms with Crippen molar-refractivity contribution in [3.8, 4) is 0 Å². The van der Waals surface area contributed by atoms with E-state index >= 15 is 0 Å². The fraction of sp³-hybridized carbons (Fsp3) is 0.333. The average molecular weight is 252 g/mol. The molecule has 0 aromatic carbocycles. The molecule has 0 saturated heterocycles. The van der Waals surface area contributed by atoms with E-state index in [1.165, 1.54) is 5.38 Å². The number of hydrogen-bond acceptors (Lipinski definition) is 6. The van der Waals surface area contributed by atoms with Crippen LogP contribution in [-0.4, -0.2) is 41.9 Å². The number of carbonyl (C=O) groups is 1. The molecule has 0 bridgehead atoms. The number of carboxylic acid groups (broad SMARTS) is 1. The Balaban J connectivity index is 2.77. The predicted octanol–water partition coefficient (Wildman–Crippen LogP) is -0.425. The van der Waals surface area contributed by atoms with Gasteiger partial charge in [-0.3, -0.25) is 4.72 Å². The Hall–Kier alpha value is -1.19. The molecule has 0 radical (unpaired) electrons. The number of carboxylic acids is 1. The first-order valence-corrected chi connectivity index (χ1v) is 6.28. The minimum atomic E-state index is -3.64. The summed E-state index contributed by atoms with van der Waals surface area (Å²) < 4.78 is 24.3. The minimum absolute atomic E-state index is 0.0270. The average Bonchev–Trinajstić information content (AvgIpc) is 2.51. The lowest BCUT2D eigenvalue weighted by molar-refractivity contribution is 0.0691. The fourth-order valence-corrected chi connectivity index (χ4v) is 2.48. The molecule has 15 heavy (non-hydrogen) atoms. The molecule has 1 rings (SSSR count). The Morgan fingerprint density at radius 3 is 2.73 bits per heavy atom. The Morgan fingerprint density at radius 1 is 1.60 bits per heavy atom. The molecule has 84 valence electrons. The summed E-state index contributed by atoms with van der Waals surface area (Å²) in [7, 11) is -3.64. The lowest BCUT2D eigenvalue weighted by Gasteiger charge is -2.01. The first-order chi connectivity index (χ1) is 6.94. The third-order valence-electron chi connectivity index (χ3n) is 1.33. The molecular formula is C6H8N2O5S2. The van der Waals surface area contributed by atoms with Crippen LogP contribution < -0.4 is 4.72 Å². The summed E-state index contributed by atoms with van der Waals surface area (Å²) >= 11 is 0.867. The molecule has 0 aliphatic rings. The van der Waals surface area contributed by atoms with Crippen LogP contribution in [0.3, 0.4) is 0 Å². The number of nitrogens with zero attached hydrogens (tertiary/aromatic N) is 1. The van der Waals surface area contributed by atoms with Crippen molar-refractivity contribution in [3.05, 3.63) is 11.1 Å². The molecule has 0 spiro atoms. The van der Waals surface area contributed by atoms with Gasteiger partial charge >= 0.3 is 5.97 Å². The van der Waals surface area contributed by atoms with Gasteiger partial charge in [0.1, 0.15) is 0 Å². The van der Waals surface area contributed by atoms with Crippen molar-refractivity contribution in [3.63, 3.8) is 0 Å². The molecule has 1 aromatic heterocycles. The van der Waals surface area contributed by atoms with Gasteiger partial charge in [-0.1, -0.05) is 0 Å². The number of hydrogen-bond donors (Lipinski definition) is 3. The van der Waals surface area contributed by atoms with Gasteiger partial charge in [0.2, 0.25) is 10.0 Å². The summed E-state index contributed by atoms with van der Waals surface area (Å²) in [5.74, 6) is -1.67.